The molecule has 0 aromatic heterocycles. The lowest BCUT2D eigenvalue weighted by atomic mass is 9.88. The molecule has 1 aliphatic heterocycles. The van der Waals surface area contributed by atoms with Crippen molar-refractivity contribution < 1.29 is 23.0 Å². The quantitative estimate of drug-likeness (QED) is 0.591. The Labute approximate surface area is 181 Å². The molecular formula is C24H29F3N2O2. The summed E-state index contributed by atoms with van der Waals surface area (Å²) in [5.41, 5.74) is 5.82. The molecule has 0 saturated heterocycles. The zero-order chi connectivity index (χ0) is 23.0. The van der Waals surface area contributed by atoms with Crippen LogP contribution in [0.4, 0.5) is 18.9 Å². The van der Waals surface area contributed by atoms with Gasteiger partial charge in [0, 0.05) is 36.5 Å². The highest BCUT2D eigenvalue weighted by molar-refractivity contribution is 5.88. The Bertz CT molecular complexity index is 905. The highest BCUT2D eigenvalue weighted by Crippen LogP contribution is 2.39. The first-order chi connectivity index (χ1) is 14.7. The zero-order valence-corrected chi connectivity index (χ0v) is 18.1. The molecule has 2 aromatic rings. The van der Waals surface area contributed by atoms with Crippen LogP contribution in [-0.4, -0.2) is 43.6 Å². The summed E-state index contributed by atoms with van der Waals surface area (Å²) < 4.78 is 41.2. The minimum atomic E-state index is -4.71. The predicted molar refractivity (Wildman–Crippen MR) is 120 cm³/mol. The Morgan fingerprint density at radius 1 is 1.23 bits per heavy atom. The molecule has 0 unspecified atom stereocenters. The first kappa shape index (κ1) is 24.5. The van der Waals surface area contributed by atoms with Gasteiger partial charge in [-0.3, -0.25) is 0 Å². The number of aliphatic hydroxyl groups excluding tert-OH is 1. The van der Waals surface area contributed by atoms with Gasteiger partial charge in [-0.1, -0.05) is 30.4 Å². The molecule has 2 N–H and O–H groups in total. The van der Waals surface area contributed by atoms with E-state index in [0.29, 0.717) is 19.5 Å². The van der Waals surface area contributed by atoms with Crippen molar-refractivity contribution in [2.24, 2.45) is 0 Å². The number of alkyl halides is 3. The number of rotatable bonds is 6. The van der Waals surface area contributed by atoms with Gasteiger partial charge in [-0.2, -0.15) is 0 Å². The van der Waals surface area contributed by atoms with Crippen LogP contribution in [0.15, 0.2) is 49.1 Å². The van der Waals surface area contributed by atoms with Crippen molar-refractivity contribution in [2.45, 2.75) is 26.3 Å². The molecule has 0 saturated carbocycles. The lowest BCUT2D eigenvalue weighted by molar-refractivity contribution is -0.274. The number of anilines is 1. The third-order valence-electron chi connectivity index (χ3n) is 4.50. The number of nitrogens with one attached hydrogen (secondary N) is 1. The van der Waals surface area contributed by atoms with E-state index in [9.17, 15) is 18.3 Å². The fourth-order valence-corrected chi connectivity index (χ4v) is 3.47. The van der Waals surface area contributed by atoms with Gasteiger partial charge in [-0.05, 0) is 62.3 Å². The Hall–Kier alpha value is -2.77. The van der Waals surface area contributed by atoms with E-state index >= 15 is 0 Å². The maximum absolute atomic E-state index is 12.4. The van der Waals surface area contributed by atoms with E-state index in [0.717, 1.165) is 33.5 Å². The number of fused-ring (bicyclic) bond motifs is 1. The molecule has 0 fully saturated rings. The smallest absolute Gasteiger partial charge is 0.406 e. The molecule has 168 valence electrons. The molecule has 4 nitrogen and oxygen atoms in total. The summed E-state index contributed by atoms with van der Waals surface area (Å²) in [5, 5.41) is 12.9. The third kappa shape index (κ3) is 6.87. The van der Waals surface area contributed by atoms with E-state index in [2.05, 4.69) is 22.7 Å². The normalized spacial score (nSPS) is 12.5. The molecule has 0 radical (unpaired) electrons. The molecule has 3 rings (SSSR count). The summed E-state index contributed by atoms with van der Waals surface area (Å²) in [6.07, 6.45) is 1.64. The predicted octanol–water partition coefficient (Wildman–Crippen LogP) is 5.48. The Kier molecular flexibility index (Phi) is 8.71. The van der Waals surface area contributed by atoms with E-state index in [4.69, 9.17) is 0 Å². The molecule has 0 aliphatic carbocycles. The number of nitrogens with zero attached hydrogens (tertiary/aromatic N) is 1. The number of halogens is 3. The summed E-state index contributed by atoms with van der Waals surface area (Å²) in [7, 11) is 3.94. The number of aliphatic hydroxyl groups is 1. The van der Waals surface area contributed by atoms with Crippen LogP contribution >= 0.6 is 0 Å². The van der Waals surface area contributed by atoms with Crippen molar-refractivity contribution in [3.05, 3.63) is 65.8 Å². The number of benzene rings is 2. The van der Waals surface area contributed by atoms with Gasteiger partial charge in [0.05, 0.1) is 0 Å². The third-order valence-corrected chi connectivity index (χ3v) is 4.50. The van der Waals surface area contributed by atoms with Gasteiger partial charge in [0.2, 0.25) is 0 Å². The van der Waals surface area contributed by atoms with Gasteiger partial charge < -0.3 is 20.1 Å². The maximum atomic E-state index is 12.4. The molecule has 1 heterocycles. The highest BCUT2D eigenvalue weighted by atomic mass is 19.4. The van der Waals surface area contributed by atoms with Gasteiger partial charge in [0.1, 0.15) is 5.75 Å². The Morgan fingerprint density at radius 3 is 2.42 bits per heavy atom. The van der Waals surface area contributed by atoms with Crippen molar-refractivity contribution in [1.29, 1.82) is 0 Å². The first-order valence-corrected chi connectivity index (χ1v) is 9.98. The van der Waals surface area contributed by atoms with Crippen LogP contribution in [0.1, 0.15) is 23.6 Å². The molecule has 0 atom stereocenters. The van der Waals surface area contributed by atoms with Gasteiger partial charge in [0.15, 0.2) is 0 Å². The second-order valence-electron chi connectivity index (χ2n) is 7.33. The van der Waals surface area contributed by atoms with E-state index in [-0.39, 0.29) is 12.4 Å². The molecule has 0 spiro atoms. The standard InChI is InChI=1S/C21H23F3N2O2.C3H6/c1-26(2)13-15-12-19(14-5-7-16(8-6-14)28-21(22,23)24)20-18(4-3-10-25-20)17(15)9-11-27;1-3-2/h3-8,12,25,27H,9-11,13H2,1-2H3;3H,1H2,2H3. The summed E-state index contributed by atoms with van der Waals surface area (Å²) in [6, 6.07) is 7.95. The van der Waals surface area contributed by atoms with Crippen molar-refractivity contribution in [2.75, 3.05) is 32.6 Å². The van der Waals surface area contributed by atoms with Crippen LogP contribution in [0.2, 0.25) is 0 Å². The fourth-order valence-electron chi connectivity index (χ4n) is 3.47. The fraction of sp³-hybridized carbons (Fsp3) is 0.333. The van der Waals surface area contributed by atoms with Crippen molar-refractivity contribution in [3.63, 3.8) is 0 Å². The van der Waals surface area contributed by atoms with E-state index < -0.39 is 6.36 Å². The van der Waals surface area contributed by atoms with Crippen LogP contribution in [0.5, 0.6) is 5.75 Å². The van der Waals surface area contributed by atoms with Crippen LogP contribution in [-0.2, 0) is 13.0 Å². The summed E-state index contributed by atoms with van der Waals surface area (Å²) in [6.45, 7) is 6.66. The lowest BCUT2D eigenvalue weighted by Crippen LogP contribution is -2.17. The Morgan fingerprint density at radius 2 is 1.87 bits per heavy atom. The van der Waals surface area contributed by atoms with Crippen molar-refractivity contribution in [3.8, 4) is 16.9 Å². The van der Waals surface area contributed by atoms with Crippen LogP contribution in [0.3, 0.4) is 0 Å². The first-order valence-electron chi connectivity index (χ1n) is 9.98. The molecule has 31 heavy (non-hydrogen) atoms. The maximum Gasteiger partial charge on any atom is 0.573 e. The second kappa shape index (κ2) is 11.0. The largest absolute Gasteiger partial charge is 0.573 e. The molecule has 1 aliphatic rings. The van der Waals surface area contributed by atoms with Gasteiger partial charge in [0.25, 0.3) is 0 Å². The highest BCUT2D eigenvalue weighted by Gasteiger charge is 2.31. The van der Waals surface area contributed by atoms with Crippen LogP contribution in [0, 0.1) is 0 Å². The Balaban J connectivity index is 0.00000107. The van der Waals surface area contributed by atoms with Crippen LogP contribution in [0.25, 0.3) is 17.2 Å². The van der Waals surface area contributed by atoms with Gasteiger partial charge in [-0.15, -0.1) is 19.8 Å². The SMILES string of the molecule is C=CC.CN(C)Cc1cc(-c2ccc(OC(F)(F)F)cc2)c2c(c1CCO)C=CCN2. The van der Waals surface area contributed by atoms with Crippen molar-refractivity contribution >= 4 is 11.8 Å². The summed E-state index contributed by atoms with van der Waals surface area (Å²) in [4.78, 5) is 2.05. The molecule has 7 heteroatoms. The molecule has 2 aromatic carbocycles. The number of ether oxygens (including phenoxy) is 1. The topological polar surface area (TPSA) is 44.7 Å². The summed E-state index contributed by atoms with van der Waals surface area (Å²) in [5.74, 6) is -0.247. The van der Waals surface area contributed by atoms with Gasteiger partial charge >= 0.3 is 6.36 Å². The average molecular weight is 435 g/mol. The molecule has 0 bridgehead atoms. The minimum absolute atomic E-state index is 0.0452. The zero-order valence-electron chi connectivity index (χ0n) is 18.1. The van der Waals surface area contributed by atoms with Crippen LogP contribution < -0.4 is 10.1 Å². The molecular weight excluding hydrogens is 405 g/mol. The summed E-state index contributed by atoms with van der Waals surface area (Å²) >= 11 is 0. The number of hydrogen-bond donors (Lipinski definition) is 2. The number of allylic oxidation sites excluding steroid dienone is 1. The number of hydrogen-bond acceptors (Lipinski definition) is 4. The van der Waals surface area contributed by atoms with E-state index in [1.165, 1.54) is 12.1 Å². The van der Waals surface area contributed by atoms with Crippen molar-refractivity contribution in [1.82, 2.24) is 4.90 Å². The van der Waals surface area contributed by atoms with Gasteiger partial charge in [-0.25, -0.2) is 0 Å². The monoisotopic (exact) mass is 434 g/mol. The lowest BCUT2D eigenvalue weighted by Gasteiger charge is -2.25. The average Bonchev–Trinajstić information content (AvgIpc) is 2.69. The minimum Gasteiger partial charge on any atom is -0.406 e. The van der Waals surface area contributed by atoms with E-state index in [1.54, 1.807) is 18.2 Å². The molecule has 0 amide bonds. The second-order valence-corrected chi connectivity index (χ2v) is 7.33. The van der Waals surface area contributed by atoms with E-state index in [1.807, 2.05) is 38.1 Å².